The van der Waals surface area contributed by atoms with Crippen LogP contribution in [0.25, 0.3) is 0 Å². The van der Waals surface area contributed by atoms with Gasteiger partial charge in [-0.3, -0.25) is 0 Å². The molecule has 17 heavy (non-hydrogen) atoms. The van der Waals surface area contributed by atoms with Crippen molar-refractivity contribution in [3.8, 4) is 0 Å². The molecule has 2 aromatic rings. The summed E-state index contributed by atoms with van der Waals surface area (Å²) in [6.45, 7) is 2.71. The molecule has 0 aliphatic carbocycles. The van der Waals surface area contributed by atoms with Crippen LogP contribution in [0.3, 0.4) is 0 Å². The van der Waals surface area contributed by atoms with Crippen molar-refractivity contribution in [3.05, 3.63) is 26.8 Å². The van der Waals surface area contributed by atoms with Crippen molar-refractivity contribution in [2.75, 3.05) is 17.7 Å². The molecule has 0 spiro atoms. The molecule has 2 N–H and O–H groups in total. The monoisotopic (exact) mass is 313 g/mol. The number of aromatic nitrogens is 3. The van der Waals surface area contributed by atoms with Crippen LogP contribution >= 0.6 is 27.3 Å². The lowest BCUT2D eigenvalue weighted by Gasteiger charge is -2.07. The maximum atomic E-state index is 4.31. The highest BCUT2D eigenvalue weighted by Gasteiger charge is 2.05. The van der Waals surface area contributed by atoms with E-state index in [9.17, 15) is 0 Å². The minimum absolute atomic E-state index is 0.589. The minimum Gasteiger partial charge on any atom is -0.362 e. The van der Waals surface area contributed by atoms with Gasteiger partial charge < -0.3 is 10.6 Å². The molecule has 2 aromatic heterocycles. The third-order valence-corrected chi connectivity index (χ3v) is 3.54. The van der Waals surface area contributed by atoms with Gasteiger partial charge in [0.25, 0.3) is 0 Å². The first kappa shape index (κ1) is 12.3. The summed E-state index contributed by atoms with van der Waals surface area (Å²) in [5, 5.41) is 7.17. The number of hydrogen-bond acceptors (Lipinski definition) is 6. The second-order valence-electron chi connectivity index (χ2n) is 3.36. The van der Waals surface area contributed by atoms with Crippen LogP contribution in [0.2, 0.25) is 0 Å². The van der Waals surface area contributed by atoms with E-state index < -0.39 is 0 Å². The molecule has 0 bridgehead atoms. The lowest BCUT2D eigenvalue weighted by molar-refractivity contribution is 1.05. The molecule has 0 amide bonds. The first-order valence-electron chi connectivity index (χ1n) is 5.04. The lowest BCUT2D eigenvalue weighted by atomic mass is 10.5. The van der Waals surface area contributed by atoms with E-state index >= 15 is 0 Å². The molecule has 0 saturated heterocycles. The van der Waals surface area contributed by atoms with E-state index in [-0.39, 0.29) is 0 Å². The van der Waals surface area contributed by atoms with Crippen LogP contribution in [-0.4, -0.2) is 22.0 Å². The summed E-state index contributed by atoms with van der Waals surface area (Å²) in [6, 6.07) is 0. The van der Waals surface area contributed by atoms with E-state index in [1.54, 1.807) is 24.6 Å². The molecule has 90 valence electrons. The van der Waals surface area contributed by atoms with Gasteiger partial charge in [0.05, 0.1) is 11.0 Å². The van der Waals surface area contributed by atoms with Crippen molar-refractivity contribution in [2.24, 2.45) is 0 Å². The Morgan fingerprint density at radius 2 is 2.18 bits per heavy atom. The quantitative estimate of drug-likeness (QED) is 0.908. The standard InChI is InChI=1S/C10H12BrN5S/c1-6-3-13-8(17-6)5-14-9-7(11)4-15-10(12-2)16-9/h3-4H,5H2,1-2H3,(H2,12,14,15,16). The third kappa shape index (κ3) is 3.13. The van der Waals surface area contributed by atoms with Gasteiger partial charge in [0.1, 0.15) is 10.8 Å². The number of hydrogen-bond donors (Lipinski definition) is 2. The van der Waals surface area contributed by atoms with Gasteiger partial charge in [0.15, 0.2) is 0 Å². The average Bonchev–Trinajstić information content (AvgIpc) is 2.74. The molecule has 2 rings (SSSR count). The molecule has 2 heterocycles. The van der Waals surface area contributed by atoms with Gasteiger partial charge in [-0.05, 0) is 22.9 Å². The van der Waals surface area contributed by atoms with Crippen LogP contribution in [0.1, 0.15) is 9.88 Å². The zero-order chi connectivity index (χ0) is 12.3. The van der Waals surface area contributed by atoms with E-state index in [1.165, 1.54) is 4.88 Å². The summed E-state index contributed by atoms with van der Waals surface area (Å²) in [5.74, 6) is 1.35. The second-order valence-corrected chi connectivity index (χ2v) is 5.53. The van der Waals surface area contributed by atoms with Crippen molar-refractivity contribution in [2.45, 2.75) is 13.5 Å². The van der Waals surface area contributed by atoms with Gasteiger partial charge in [-0.15, -0.1) is 11.3 Å². The Hall–Kier alpha value is -1.21. The minimum atomic E-state index is 0.589. The maximum Gasteiger partial charge on any atom is 0.224 e. The van der Waals surface area contributed by atoms with Crippen LogP contribution in [0.5, 0.6) is 0 Å². The van der Waals surface area contributed by atoms with Gasteiger partial charge in [0, 0.05) is 24.3 Å². The Morgan fingerprint density at radius 3 is 2.82 bits per heavy atom. The van der Waals surface area contributed by atoms with Crippen molar-refractivity contribution in [1.82, 2.24) is 15.0 Å². The first-order valence-corrected chi connectivity index (χ1v) is 6.65. The fourth-order valence-corrected chi connectivity index (χ4v) is 2.31. The van der Waals surface area contributed by atoms with E-state index in [2.05, 4.69) is 41.5 Å². The molecule has 0 radical (unpaired) electrons. The Morgan fingerprint density at radius 1 is 1.35 bits per heavy atom. The molecule has 0 unspecified atom stereocenters. The van der Waals surface area contributed by atoms with E-state index in [0.717, 1.165) is 15.3 Å². The van der Waals surface area contributed by atoms with Crippen molar-refractivity contribution < 1.29 is 0 Å². The average molecular weight is 314 g/mol. The predicted octanol–water partition coefficient (Wildman–Crippen LogP) is 2.66. The molecule has 5 nitrogen and oxygen atoms in total. The van der Waals surface area contributed by atoms with Crippen LogP contribution < -0.4 is 10.6 Å². The van der Waals surface area contributed by atoms with E-state index in [0.29, 0.717) is 12.5 Å². The Balaban J connectivity index is 2.07. The normalized spacial score (nSPS) is 10.3. The highest BCUT2D eigenvalue weighted by molar-refractivity contribution is 9.10. The topological polar surface area (TPSA) is 62.7 Å². The van der Waals surface area contributed by atoms with Gasteiger partial charge in [0.2, 0.25) is 5.95 Å². The number of thiazole rings is 1. The Kier molecular flexibility index (Phi) is 3.90. The van der Waals surface area contributed by atoms with Gasteiger partial charge in [-0.2, -0.15) is 4.98 Å². The Labute approximate surface area is 112 Å². The number of nitrogens with zero attached hydrogens (tertiary/aromatic N) is 3. The lowest BCUT2D eigenvalue weighted by Crippen LogP contribution is -2.04. The molecule has 0 atom stereocenters. The third-order valence-electron chi connectivity index (χ3n) is 2.04. The molecular formula is C10H12BrN5S. The number of halogens is 1. The molecule has 0 aliphatic heterocycles. The van der Waals surface area contributed by atoms with Gasteiger partial charge in [-0.1, -0.05) is 0 Å². The highest BCUT2D eigenvalue weighted by atomic mass is 79.9. The smallest absolute Gasteiger partial charge is 0.224 e. The maximum absolute atomic E-state index is 4.31. The molecular weight excluding hydrogens is 302 g/mol. The number of rotatable bonds is 4. The van der Waals surface area contributed by atoms with Crippen molar-refractivity contribution in [1.29, 1.82) is 0 Å². The van der Waals surface area contributed by atoms with Crippen molar-refractivity contribution in [3.63, 3.8) is 0 Å². The molecule has 7 heteroatoms. The molecule has 0 aliphatic rings. The van der Waals surface area contributed by atoms with Crippen LogP contribution in [-0.2, 0) is 6.54 Å². The van der Waals surface area contributed by atoms with Crippen LogP contribution in [0, 0.1) is 6.92 Å². The highest BCUT2D eigenvalue weighted by Crippen LogP contribution is 2.21. The summed E-state index contributed by atoms with van der Waals surface area (Å²) >= 11 is 5.08. The predicted molar refractivity (Wildman–Crippen MR) is 73.5 cm³/mol. The zero-order valence-corrected chi connectivity index (χ0v) is 11.9. The first-order chi connectivity index (χ1) is 8.19. The summed E-state index contributed by atoms with van der Waals surface area (Å²) in [6.07, 6.45) is 3.59. The molecule has 0 saturated carbocycles. The number of anilines is 2. The number of aryl methyl sites for hydroxylation is 1. The second kappa shape index (κ2) is 5.42. The van der Waals surface area contributed by atoms with Gasteiger partial charge in [-0.25, -0.2) is 9.97 Å². The fraction of sp³-hybridized carbons (Fsp3) is 0.300. The van der Waals surface area contributed by atoms with Crippen molar-refractivity contribution >= 4 is 39.0 Å². The summed E-state index contributed by atoms with van der Waals surface area (Å²) < 4.78 is 0.838. The van der Waals surface area contributed by atoms with Crippen LogP contribution in [0.15, 0.2) is 16.9 Å². The molecule has 0 fully saturated rings. The van der Waals surface area contributed by atoms with Gasteiger partial charge >= 0.3 is 0 Å². The Bertz CT molecular complexity index is 513. The zero-order valence-electron chi connectivity index (χ0n) is 9.49. The fourth-order valence-electron chi connectivity index (χ4n) is 1.25. The number of nitrogens with one attached hydrogen (secondary N) is 2. The van der Waals surface area contributed by atoms with E-state index in [1.807, 2.05) is 13.1 Å². The summed E-state index contributed by atoms with van der Waals surface area (Å²) in [4.78, 5) is 13.9. The van der Waals surface area contributed by atoms with E-state index in [4.69, 9.17) is 0 Å². The summed E-state index contributed by atoms with van der Waals surface area (Å²) in [5.41, 5.74) is 0. The molecule has 0 aromatic carbocycles. The van der Waals surface area contributed by atoms with Crippen LogP contribution in [0.4, 0.5) is 11.8 Å². The largest absolute Gasteiger partial charge is 0.362 e. The SMILES string of the molecule is CNc1ncc(Br)c(NCc2ncc(C)s2)n1. The summed E-state index contributed by atoms with van der Waals surface area (Å²) in [7, 11) is 1.79.